The van der Waals surface area contributed by atoms with Crippen LogP contribution < -0.4 is 10.1 Å². The minimum atomic E-state index is -0.666. The van der Waals surface area contributed by atoms with Gasteiger partial charge in [-0.15, -0.1) is 0 Å². The van der Waals surface area contributed by atoms with E-state index >= 15 is 0 Å². The monoisotopic (exact) mass is 485 g/mol. The van der Waals surface area contributed by atoms with E-state index in [1.165, 1.54) is 4.90 Å². The lowest BCUT2D eigenvalue weighted by Gasteiger charge is -2.27. The highest BCUT2D eigenvalue weighted by atomic mass is 16.6. The summed E-state index contributed by atoms with van der Waals surface area (Å²) in [5, 5.41) is 2.64. The summed E-state index contributed by atoms with van der Waals surface area (Å²) >= 11 is 0. The third-order valence-electron chi connectivity index (χ3n) is 4.35. The maximum absolute atomic E-state index is 12.7. The Kier molecular flexibility index (Phi) is 9.62. The number of aromatic nitrogens is 1. The molecule has 9 heteroatoms. The van der Waals surface area contributed by atoms with Crippen molar-refractivity contribution in [2.75, 3.05) is 26.2 Å². The fraction of sp³-hybridized carbons (Fsp3) is 0.462. The molecule has 1 aromatic carbocycles. The molecule has 0 spiro atoms. The molecule has 0 saturated heterocycles. The Labute approximate surface area is 206 Å². The summed E-state index contributed by atoms with van der Waals surface area (Å²) in [7, 11) is 0. The van der Waals surface area contributed by atoms with E-state index in [4.69, 9.17) is 14.2 Å². The molecule has 0 radical (unpaired) electrons. The molecule has 1 N–H and O–H groups in total. The van der Waals surface area contributed by atoms with Crippen molar-refractivity contribution in [2.45, 2.75) is 52.7 Å². The SMILES string of the molecule is CC(C)(C)OC(=O)NCCN(CCOc1cccc(-c2cccc(C=O)c2)n1)C(=O)OC(C)(C)C. The molecule has 2 amide bonds. The largest absolute Gasteiger partial charge is 0.476 e. The summed E-state index contributed by atoms with van der Waals surface area (Å²) in [6.07, 6.45) is -0.288. The number of ether oxygens (including phenoxy) is 3. The molecule has 35 heavy (non-hydrogen) atoms. The van der Waals surface area contributed by atoms with Gasteiger partial charge in [0.2, 0.25) is 5.88 Å². The molecule has 0 unspecified atom stereocenters. The summed E-state index contributed by atoms with van der Waals surface area (Å²) in [6, 6.07) is 12.5. The van der Waals surface area contributed by atoms with E-state index in [1.807, 2.05) is 18.2 Å². The Hall–Kier alpha value is -3.62. The number of rotatable bonds is 9. The summed E-state index contributed by atoms with van der Waals surface area (Å²) in [4.78, 5) is 41.6. The van der Waals surface area contributed by atoms with Crippen LogP contribution in [0.5, 0.6) is 5.88 Å². The third kappa shape index (κ3) is 10.5. The zero-order valence-corrected chi connectivity index (χ0v) is 21.3. The zero-order chi connectivity index (χ0) is 26.1. The number of amides is 2. The number of benzene rings is 1. The van der Waals surface area contributed by atoms with Gasteiger partial charge in [-0.25, -0.2) is 14.6 Å². The van der Waals surface area contributed by atoms with Gasteiger partial charge >= 0.3 is 12.2 Å². The number of hydrogen-bond acceptors (Lipinski definition) is 7. The van der Waals surface area contributed by atoms with Crippen LogP contribution in [0.3, 0.4) is 0 Å². The van der Waals surface area contributed by atoms with Gasteiger partial charge in [0.1, 0.15) is 24.1 Å². The van der Waals surface area contributed by atoms with Crippen LogP contribution >= 0.6 is 0 Å². The molecule has 0 saturated carbocycles. The van der Waals surface area contributed by atoms with E-state index in [-0.39, 0.29) is 26.2 Å². The molecule has 0 aliphatic carbocycles. The van der Waals surface area contributed by atoms with E-state index in [1.54, 1.807) is 65.8 Å². The van der Waals surface area contributed by atoms with Crippen LogP contribution in [0.1, 0.15) is 51.9 Å². The minimum Gasteiger partial charge on any atom is -0.476 e. The first-order valence-electron chi connectivity index (χ1n) is 11.5. The Morgan fingerprint density at radius 3 is 2.31 bits per heavy atom. The van der Waals surface area contributed by atoms with Crippen molar-refractivity contribution in [3.8, 4) is 17.1 Å². The van der Waals surface area contributed by atoms with Crippen LogP contribution in [0.15, 0.2) is 42.5 Å². The number of aldehydes is 1. The molecule has 0 atom stereocenters. The lowest BCUT2D eigenvalue weighted by Crippen LogP contribution is -2.44. The van der Waals surface area contributed by atoms with Crippen molar-refractivity contribution in [1.29, 1.82) is 0 Å². The van der Waals surface area contributed by atoms with Crippen molar-refractivity contribution in [3.63, 3.8) is 0 Å². The molecular formula is C26H35N3O6. The summed E-state index contributed by atoms with van der Waals surface area (Å²) in [6.45, 7) is 11.5. The second-order valence-electron chi connectivity index (χ2n) is 9.85. The average molecular weight is 486 g/mol. The van der Waals surface area contributed by atoms with E-state index in [9.17, 15) is 14.4 Å². The Bertz CT molecular complexity index is 1010. The minimum absolute atomic E-state index is 0.163. The quantitative estimate of drug-likeness (QED) is 0.513. The molecule has 2 rings (SSSR count). The molecule has 2 aromatic rings. The number of carbonyl (C=O) groups is 3. The highest BCUT2D eigenvalue weighted by Crippen LogP contribution is 2.20. The maximum Gasteiger partial charge on any atom is 0.410 e. The van der Waals surface area contributed by atoms with Gasteiger partial charge < -0.3 is 24.4 Å². The zero-order valence-electron chi connectivity index (χ0n) is 21.3. The Balaban J connectivity index is 1.99. The molecule has 0 aliphatic heterocycles. The number of carbonyl (C=O) groups excluding carboxylic acids is 3. The fourth-order valence-corrected chi connectivity index (χ4v) is 2.92. The molecule has 190 valence electrons. The van der Waals surface area contributed by atoms with E-state index in [0.29, 0.717) is 17.1 Å². The predicted octanol–water partition coefficient (Wildman–Crippen LogP) is 4.70. The van der Waals surface area contributed by atoms with Crippen LogP contribution in [-0.4, -0.2) is 65.8 Å². The van der Waals surface area contributed by atoms with Crippen molar-refractivity contribution in [3.05, 3.63) is 48.0 Å². The van der Waals surface area contributed by atoms with Gasteiger partial charge in [0.25, 0.3) is 0 Å². The van der Waals surface area contributed by atoms with E-state index < -0.39 is 23.4 Å². The number of nitrogens with one attached hydrogen (secondary N) is 1. The second kappa shape index (κ2) is 12.2. The molecule has 1 aromatic heterocycles. The number of pyridine rings is 1. The smallest absolute Gasteiger partial charge is 0.410 e. The van der Waals surface area contributed by atoms with Crippen LogP contribution in [-0.2, 0) is 9.47 Å². The number of hydrogen-bond donors (Lipinski definition) is 1. The molecule has 0 bridgehead atoms. The molecule has 9 nitrogen and oxygen atoms in total. The number of nitrogens with zero attached hydrogens (tertiary/aromatic N) is 2. The third-order valence-corrected chi connectivity index (χ3v) is 4.35. The number of alkyl carbamates (subject to hydrolysis) is 1. The van der Waals surface area contributed by atoms with Gasteiger partial charge in [0.15, 0.2) is 0 Å². The van der Waals surface area contributed by atoms with Gasteiger partial charge in [-0.1, -0.05) is 24.3 Å². The average Bonchev–Trinajstić information content (AvgIpc) is 2.76. The topological polar surface area (TPSA) is 107 Å². The van der Waals surface area contributed by atoms with Gasteiger partial charge in [-0.05, 0) is 53.7 Å². The molecule has 0 fully saturated rings. The Morgan fingerprint density at radius 1 is 0.971 bits per heavy atom. The van der Waals surface area contributed by atoms with E-state index in [0.717, 1.165) is 11.8 Å². The second-order valence-corrected chi connectivity index (χ2v) is 9.85. The highest BCUT2D eigenvalue weighted by molar-refractivity contribution is 5.78. The van der Waals surface area contributed by atoms with E-state index in [2.05, 4.69) is 10.3 Å². The standard InChI is InChI=1S/C26H35N3O6/c1-25(2,3)34-23(31)27-13-14-29(24(32)35-26(4,5)6)15-16-33-22-12-8-11-21(28-22)20-10-7-9-19(17-20)18-30/h7-12,17-18H,13-16H2,1-6H3,(H,27,31). The van der Waals surface area contributed by atoms with Crippen LogP contribution in [0, 0.1) is 0 Å². The van der Waals surface area contributed by atoms with Crippen LogP contribution in [0.4, 0.5) is 9.59 Å². The first-order valence-corrected chi connectivity index (χ1v) is 11.5. The summed E-state index contributed by atoms with van der Waals surface area (Å²) < 4.78 is 16.5. The van der Waals surface area contributed by atoms with Crippen LogP contribution in [0.25, 0.3) is 11.3 Å². The maximum atomic E-state index is 12.7. The lowest BCUT2D eigenvalue weighted by molar-refractivity contribution is 0.0216. The Morgan fingerprint density at radius 2 is 1.66 bits per heavy atom. The van der Waals surface area contributed by atoms with Crippen molar-refractivity contribution in [1.82, 2.24) is 15.2 Å². The molecule has 0 aliphatic rings. The van der Waals surface area contributed by atoms with Gasteiger partial charge in [-0.3, -0.25) is 4.79 Å². The first-order chi connectivity index (χ1) is 16.4. The van der Waals surface area contributed by atoms with Gasteiger partial charge in [0.05, 0.1) is 12.2 Å². The normalized spacial score (nSPS) is 11.4. The van der Waals surface area contributed by atoms with Crippen LogP contribution in [0.2, 0.25) is 0 Å². The summed E-state index contributed by atoms with van der Waals surface area (Å²) in [5.74, 6) is 0.384. The molecular weight excluding hydrogens is 450 g/mol. The van der Waals surface area contributed by atoms with Crippen molar-refractivity contribution >= 4 is 18.5 Å². The highest BCUT2D eigenvalue weighted by Gasteiger charge is 2.23. The van der Waals surface area contributed by atoms with Crippen molar-refractivity contribution < 1.29 is 28.6 Å². The molecule has 1 heterocycles. The predicted molar refractivity (Wildman–Crippen MR) is 133 cm³/mol. The lowest BCUT2D eigenvalue weighted by atomic mass is 10.1. The van der Waals surface area contributed by atoms with Gasteiger partial charge in [0, 0.05) is 30.3 Å². The summed E-state index contributed by atoms with van der Waals surface area (Å²) in [5.41, 5.74) is 0.739. The van der Waals surface area contributed by atoms with Crippen molar-refractivity contribution in [2.24, 2.45) is 0 Å². The van der Waals surface area contributed by atoms with Gasteiger partial charge in [-0.2, -0.15) is 0 Å². The first kappa shape index (κ1) is 27.6. The fourth-order valence-electron chi connectivity index (χ4n) is 2.92.